The molecule has 1 aliphatic carbocycles. The number of halogens is 2. The van der Waals surface area contributed by atoms with E-state index in [2.05, 4.69) is 20.5 Å². The van der Waals surface area contributed by atoms with Crippen molar-refractivity contribution in [3.63, 3.8) is 0 Å². The first kappa shape index (κ1) is 22.7. The fourth-order valence-corrected chi connectivity index (χ4v) is 5.72. The van der Waals surface area contributed by atoms with Crippen LogP contribution in [0.15, 0.2) is 24.7 Å². The lowest BCUT2D eigenvalue weighted by atomic mass is 9.96. The van der Waals surface area contributed by atoms with Crippen LogP contribution < -0.4 is 10.2 Å². The molecule has 4 heterocycles. The highest BCUT2D eigenvalue weighted by molar-refractivity contribution is 7.91. The van der Waals surface area contributed by atoms with Crippen LogP contribution in [0.4, 0.5) is 20.3 Å². The minimum atomic E-state index is -3.05. The summed E-state index contributed by atoms with van der Waals surface area (Å²) in [6.45, 7) is 0.610. The zero-order chi connectivity index (χ0) is 23.9. The molecule has 2 fully saturated rings. The van der Waals surface area contributed by atoms with Crippen LogP contribution in [0.3, 0.4) is 0 Å². The van der Waals surface area contributed by atoms with Crippen LogP contribution in [0.25, 0.3) is 5.65 Å². The number of fused-ring (bicyclic) bond motifs is 1. The van der Waals surface area contributed by atoms with Gasteiger partial charge in [-0.15, -0.1) is 0 Å². The van der Waals surface area contributed by atoms with Gasteiger partial charge in [0.15, 0.2) is 21.2 Å². The molecule has 3 aromatic heterocycles. The van der Waals surface area contributed by atoms with Crippen molar-refractivity contribution in [3.05, 3.63) is 35.9 Å². The topological polar surface area (TPSA) is 114 Å². The van der Waals surface area contributed by atoms with E-state index in [0.717, 1.165) is 32.1 Å². The van der Waals surface area contributed by atoms with E-state index in [4.69, 9.17) is 0 Å². The number of rotatable bonds is 5. The Morgan fingerprint density at radius 1 is 1.15 bits per heavy atom. The van der Waals surface area contributed by atoms with Gasteiger partial charge in [-0.25, -0.2) is 26.7 Å². The molecule has 10 nitrogen and oxygen atoms in total. The predicted molar refractivity (Wildman–Crippen MR) is 121 cm³/mol. The summed E-state index contributed by atoms with van der Waals surface area (Å²) in [4.78, 5) is 19.4. The van der Waals surface area contributed by atoms with Crippen LogP contribution in [0.2, 0.25) is 0 Å². The minimum absolute atomic E-state index is 0.0256. The van der Waals surface area contributed by atoms with Crippen LogP contribution in [-0.2, 0) is 9.84 Å². The molecule has 0 bridgehead atoms. The molecule has 13 heteroatoms. The van der Waals surface area contributed by atoms with Gasteiger partial charge in [-0.2, -0.15) is 10.2 Å². The summed E-state index contributed by atoms with van der Waals surface area (Å²) in [7, 11) is -3.05. The van der Waals surface area contributed by atoms with E-state index in [0.29, 0.717) is 18.9 Å². The first-order valence-corrected chi connectivity index (χ1v) is 13.1. The maximum Gasteiger partial charge on any atom is 0.284 e. The first-order valence-electron chi connectivity index (χ1n) is 11.3. The van der Waals surface area contributed by atoms with Gasteiger partial charge in [-0.05, 0) is 18.9 Å². The number of hydrogen-bond acceptors (Lipinski definition) is 7. The average Bonchev–Trinajstić information content (AvgIpc) is 3.44. The van der Waals surface area contributed by atoms with Crippen LogP contribution in [0, 0.1) is 0 Å². The minimum Gasteiger partial charge on any atom is -0.354 e. The van der Waals surface area contributed by atoms with Crippen molar-refractivity contribution in [1.29, 1.82) is 0 Å². The normalized spacial score (nSPS) is 19.1. The van der Waals surface area contributed by atoms with E-state index in [1.54, 1.807) is 16.9 Å². The third-order valence-corrected chi connectivity index (χ3v) is 8.04. The molecule has 34 heavy (non-hydrogen) atoms. The molecule has 182 valence electrons. The van der Waals surface area contributed by atoms with Crippen molar-refractivity contribution < 1.29 is 22.0 Å². The summed E-state index contributed by atoms with van der Waals surface area (Å²) >= 11 is 0. The SMILES string of the molecule is O=C(Nc1cn(C2CCCCC2)nc1C(F)F)c1cnn2ccc(N3CCS(=O)(=O)CC3)nc12. The number of carbonyl (C=O) groups is 1. The maximum atomic E-state index is 13.7. The number of nitrogens with zero attached hydrogens (tertiary/aromatic N) is 6. The van der Waals surface area contributed by atoms with E-state index in [9.17, 15) is 22.0 Å². The van der Waals surface area contributed by atoms with E-state index < -0.39 is 27.9 Å². The van der Waals surface area contributed by atoms with Crippen LogP contribution in [0.1, 0.15) is 60.6 Å². The molecule has 0 spiro atoms. The zero-order valence-corrected chi connectivity index (χ0v) is 19.2. The van der Waals surface area contributed by atoms with Crippen LogP contribution in [0.5, 0.6) is 0 Å². The molecule has 1 saturated heterocycles. The number of nitrogens with one attached hydrogen (secondary N) is 1. The largest absolute Gasteiger partial charge is 0.354 e. The van der Waals surface area contributed by atoms with Crippen molar-refractivity contribution in [2.24, 2.45) is 0 Å². The Labute approximate surface area is 194 Å². The number of hydrogen-bond donors (Lipinski definition) is 1. The second kappa shape index (κ2) is 8.93. The molecule has 0 unspecified atom stereocenters. The van der Waals surface area contributed by atoms with Gasteiger partial charge in [0.25, 0.3) is 12.3 Å². The molecular formula is C21H25F2N7O3S. The van der Waals surface area contributed by atoms with Crippen LogP contribution in [-0.4, -0.2) is 63.3 Å². The third-order valence-electron chi connectivity index (χ3n) is 6.43. The fourth-order valence-electron chi connectivity index (χ4n) is 4.52. The molecule has 1 saturated carbocycles. The van der Waals surface area contributed by atoms with Crippen molar-refractivity contribution in [3.8, 4) is 0 Å². The number of anilines is 2. The van der Waals surface area contributed by atoms with Gasteiger partial charge in [0.2, 0.25) is 0 Å². The zero-order valence-electron chi connectivity index (χ0n) is 18.4. The quantitative estimate of drug-likeness (QED) is 0.581. The Hall–Kier alpha value is -3.09. The van der Waals surface area contributed by atoms with Crippen molar-refractivity contribution in [2.45, 2.75) is 44.6 Å². The average molecular weight is 494 g/mol. The number of carbonyl (C=O) groups excluding carboxylic acids is 1. The monoisotopic (exact) mass is 493 g/mol. The van der Waals surface area contributed by atoms with E-state index in [1.165, 1.54) is 16.9 Å². The van der Waals surface area contributed by atoms with Gasteiger partial charge >= 0.3 is 0 Å². The molecule has 1 amide bonds. The summed E-state index contributed by atoms with van der Waals surface area (Å²) in [5, 5.41) is 10.8. The lowest BCUT2D eigenvalue weighted by Crippen LogP contribution is -2.40. The third kappa shape index (κ3) is 4.48. The van der Waals surface area contributed by atoms with E-state index in [-0.39, 0.29) is 34.4 Å². The molecule has 1 N–H and O–H groups in total. The number of sulfone groups is 1. The van der Waals surface area contributed by atoms with Crippen molar-refractivity contribution in [1.82, 2.24) is 24.4 Å². The second-order valence-corrected chi connectivity index (χ2v) is 11.0. The Balaban J connectivity index is 1.40. The highest BCUT2D eigenvalue weighted by atomic mass is 32.2. The Kier molecular flexibility index (Phi) is 5.96. The van der Waals surface area contributed by atoms with Gasteiger partial charge in [-0.1, -0.05) is 19.3 Å². The lowest BCUT2D eigenvalue weighted by Gasteiger charge is -2.27. The Bertz CT molecular complexity index is 1300. The van der Waals surface area contributed by atoms with Gasteiger partial charge < -0.3 is 10.2 Å². The summed E-state index contributed by atoms with van der Waals surface area (Å²) in [5.41, 5.74) is -0.111. The molecule has 3 aromatic rings. The molecule has 2 aliphatic rings. The summed E-state index contributed by atoms with van der Waals surface area (Å²) in [6.07, 6.45) is 6.52. The second-order valence-electron chi connectivity index (χ2n) is 8.71. The number of amides is 1. The predicted octanol–water partition coefficient (Wildman–Crippen LogP) is 2.86. The summed E-state index contributed by atoms with van der Waals surface area (Å²) in [5.74, 6) is -0.0249. The highest BCUT2D eigenvalue weighted by Gasteiger charge is 2.26. The highest BCUT2D eigenvalue weighted by Crippen LogP contribution is 2.32. The fraction of sp³-hybridized carbons (Fsp3) is 0.524. The molecular weight excluding hydrogens is 468 g/mol. The van der Waals surface area contributed by atoms with Gasteiger partial charge in [0, 0.05) is 25.5 Å². The summed E-state index contributed by atoms with van der Waals surface area (Å²) < 4.78 is 53.7. The molecule has 5 rings (SSSR count). The van der Waals surface area contributed by atoms with Crippen molar-refractivity contribution in [2.75, 3.05) is 34.8 Å². The van der Waals surface area contributed by atoms with Gasteiger partial charge in [-0.3, -0.25) is 9.48 Å². The molecule has 0 radical (unpaired) electrons. The van der Waals surface area contributed by atoms with E-state index >= 15 is 0 Å². The Morgan fingerprint density at radius 2 is 1.88 bits per heavy atom. The summed E-state index contributed by atoms with van der Waals surface area (Å²) in [6, 6.07) is 1.74. The number of aromatic nitrogens is 5. The van der Waals surface area contributed by atoms with Gasteiger partial charge in [0.05, 0.1) is 29.4 Å². The molecule has 1 aliphatic heterocycles. The number of alkyl halides is 2. The maximum absolute atomic E-state index is 13.7. The lowest BCUT2D eigenvalue weighted by molar-refractivity contribution is 0.102. The van der Waals surface area contributed by atoms with Gasteiger partial charge in [0.1, 0.15) is 11.4 Å². The molecule has 0 atom stereocenters. The first-order chi connectivity index (χ1) is 16.3. The Morgan fingerprint density at radius 3 is 2.59 bits per heavy atom. The molecule has 0 aromatic carbocycles. The van der Waals surface area contributed by atoms with E-state index in [1.807, 2.05) is 4.90 Å². The van der Waals surface area contributed by atoms with Crippen LogP contribution >= 0.6 is 0 Å². The smallest absolute Gasteiger partial charge is 0.284 e. The standard InChI is InChI=1S/C21H25F2N7O3S/c22-19(23)18-16(13-30(27-18)14-4-2-1-3-5-14)25-21(31)15-12-24-29-7-6-17(26-20(15)29)28-8-10-34(32,33)11-9-28/h6-7,12-14,19H,1-5,8-11H2,(H,25,31). The van der Waals surface area contributed by atoms with Crippen molar-refractivity contribution >= 4 is 32.9 Å².